The number of benzene rings is 1. The maximum Gasteiger partial charge on any atom is 0.262 e. The first-order valence-electron chi connectivity index (χ1n) is 10.2. The molecule has 0 bridgehead atoms. The number of carbonyl (C=O) groups is 1. The minimum absolute atomic E-state index is 0.0313. The van der Waals surface area contributed by atoms with E-state index < -0.39 is 0 Å². The minimum Gasteiger partial charge on any atom is -0.355 e. The second kappa shape index (κ2) is 8.57. The fraction of sp³-hybridized carbons (Fsp3) is 0.429. The van der Waals surface area contributed by atoms with Crippen LogP contribution >= 0.6 is 0 Å². The third-order valence-corrected chi connectivity index (χ3v) is 5.27. The SMILES string of the molecule is CCN(CCNC(=O)CCc1nc2c(cnn2-c2ccccc2)c(=O)[nH]1)C1CC1. The van der Waals surface area contributed by atoms with Gasteiger partial charge in [-0.1, -0.05) is 25.1 Å². The topological polar surface area (TPSA) is 95.9 Å². The number of para-hydroxylation sites is 1. The van der Waals surface area contributed by atoms with Gasteiger partial charge in [-0.3, -0.25) is 14.5 Å². The van der Waals surface area contributed by atoms with E-state index in [1.165, 1.54) is 19.0 Å². The molecule has 0 radical (unpaired) electrons. The third kappa shape index (κ3) is 4.54. The number of amides is 1. The summed E-state index contributed by atoms with van der Waals surface area (Å²) >= 11 is 0. The second-order valence-electron chi connectivity index (χ2n) is 7.35. The minimum atomic E-state index is -0.240. The highest BCUT2D eigenvalue weighted by molar-refractivity contribution is 5.77. The molecule has 152 valence electrons. The zero-order chi connectivity index (χ0) is 20.2. The Balaban J connectivity index is 1.39. The first-order valence-corrected chi connectivity index (χ1v) is 10.2. The van der Waals surface area contributed by atoms with E-state index >= 15 is 0 Å². The number of H-pyrrole nitrogens is 1. The van der Waals surface area contributed by atoms with Crippen LogP contribution in [0.15, 0.2) is 41.3 Å². The summed E-state index contributed by atoms with van der Waals surface area (Å²) in [7, 11) is 0. The van der Waals surface area contributed by atoms with Crippen molar-refractivity contribution < 1.29 is 4.79 Å². The average Bonchev–Trinajstić information content (AvgIpc) is 3.49. The van der Waals surface area contributed by atoms with E-state index in [1.54, 1.807) is 4.68 Å². The fourth-order valence-corrected chi connectivity index (χ4v) is 3.54. The zero-order valence-electron chi connectivity index (χ0n) is 16.6. The molecule has 1 aliphatic carbocycles. The standard InChI is InChI=1S/C21H26N6O2/c1-2-26(15-8-9-15)13-12-22-19(28)11-10-18-24-20-17(21(29)25-18)14-23-27(20)16-6-4-3-5-7-16/h3-7,14-15H,2,8-13H2,1H3,(H,22,28)(H,24,25,29). The van der Waals surface area contributed by atoms with Crippen LogP contribution in [0.2, 0.25) is 0 Å². The summed E-state index contributed by atoms with van der Waals surface area (Å²) in [6.07, 6.45) is 4.70. The van der Waals surface area contributed by atoms with Gasteiger partial charge in [0, 0.05) is 32.0 Å². The number of nitrogens with zero attached hydrogens (tertiary/aromatic N) is 4. The third-order valence-electron chi connectivity index (χ3n) is 5.27. The summed E-state index contributed by atoms with van der Waals surface area (Å²) in [6, 6.07) is 10.2. The smallest absolute Gasteiger partial charge is 0.262 e. The van der Waals surface area contributed by atoms with E-state index in [0.717, 1.165) is 18.8 Å². The molecule has 1 aliphatic rings. The lowest BCUT2D eigenvalue weighted by Crippen LogP contribution is -2.36. The highest BCUT2D eigenvalue weighted by atomic mass is 16.1. The first-order chi connectivity index (χ1) is 14.2. The van der Waals surface area contributed by atoms with Crippen LogP contribution in [0.4, 0.5) is 0 Å². The number of nitrogens with one attached hydrogen (secondary N) is 2. The number of hydrogen-bond donors (Lipinski definition) is 2. The molecule has 4 rings (SSSR count). The summed E-state index contributed by atoms with van der Waals surface area (Å²) in [5.41, 5.74) is 1.09. The largest absolute Gasteiger partial charge is 0.355 e. The Morgan fingerprint density at radius 3 is 2.83 bits per heavy atom. The number of aromatic nitrogens is 4. The molecule has 0 unspecified atom stereocenters. The van der Waals surface area contributed by atoms with Gasteiger partial charge in [0.2, 0.25) is 5.91 Å². The van der Waals surface area contributed by atoms with E-state index in [0.29, 0.717) is 35.9 Å². The van der Waals surface area contributed by atoms with Crippen LogP contribution in [-0.2, 0) is 11.2 Å². The number of hydrogen-bond acceptors (Lipinski definition) is 5. The van der Waals surface area contributed by atoms with Crippen molar-refractivity contribution in [2.75, 3.05) is 19.6 Å². The summed E-state index contributed by atoms with van der Waals surface area (Å²) in [4.78, 5) is 34.3. The quantitative estimate of drug-likeness (QED) is 0.575. The van der Waals surface area contributed by atoms with E-state index in [-0.39, 0.29) is 17.9 Å². The van der Waals surface area contributed by atoms with Gasteiger partial charge in [0.1, 0.15) is 11.2 Å². The fourth-order valence-electron chi connectivity index (χ4n) is 3.54. The Morgan fingerprint density at radius 1 is 1.31 bits per heavy atom. The van der Waals surface area contributed by atoms with Crippen molar-refractivity contribution >= 4 is 16.9 Å². The molecule has 2 aromatic heterocycles. The summed E-state index contributed by atoms with van der Waals surface area (Å²) in [5, 5.41) is 7.70. The van der Waals surface area contributed by atoms with Crippen molar-refractivity contribution in [3.05, 3.63) is 52.7 Å². The number of rotatable bonds is 9. The van der Waals surface area contributed by atoms with Crippen LogP contribution in [0, 0.1) is 0 Å². The molecule has 1 fully saturated rings. The Labute approximate surface area is 168 Å². The number of fused-ring (bicyclic) bond motifs is 1. The van der Waals surface area contributed by atoms with Crippen molar-refractivity contribution in [3.63, 3.8) is 0 Å². The number of carbonyl (C=O) groups excluding carboxylic acids is 1. The van der Waals surface area contributed by atoms with Gasteiger partial charge in [-0.05, 0) is 31.5 Å². The van der Waals surface area contributed by atoms with Crippen LogP contribution < -0.4 is 10.9 Å². The molecule has 0 spiro atoms. The normalized spacial score (nSPS) is 13.9. The molecule has 1 saturated carbocycles. The monoisotopic (exact) mass is 394 g/mol. The molecule has 2 heterocycles. The molecule has 8 nitrogen and oxygen atoms in total. The van der Waals surface area contributed by atoms with Gasteiger partial charge in [0.05, 0.1) is 11.9 Å². The van der Waals surface area contributed by atoms with Gasteiger partial charge in [-0.25, -0.2) is 9.67 Å². The van der Waals surface area contributed by atoms with Gasteiger partial charge in [0.15, 0.2) is 5.65 Å². The van der Waals surface area contributed by atoms with Crippen molar-refractivity contribution in [3.8, 4) is 5.69 Å². The highest BCUT2D eigenvalue weighted by Crippen LogP contribution is 2.25. The van der Waals surface area contributed by atoms with Crippen LogP contribution in [0.3, 0.4) is 0 Å². The Kier molecular flexibility index (Phi) is 5.71. The van der Waals surface area contributed by atoms with Crippen LogP contribution in [0.1, 0.15) is 32.0 Å². The van der Waals surface area contributed by atoms with Crippen LogP contribution in [-0.4, -0.2) is 56.2 Å². The predicted octanol–water partition coefficient (Wildman–Crippen LogP) is 1.64. The number of aromatic amines is 1. The Morgan fingerprint density at radius 2 is 2.10 bits per heavy atom. The van der Waals surface area contributed by atoms with Crippen molar-refractivity contribution in [1.29, 1.82) is 0 Å². The maximum atomic E-state index is 12.4. The van der Waals surface area contributed by atoms with Gasteiger partial charge in [0.25, 0.3) is 5.56 Å². The molecule has 0 aliphatic heterocycles. The average molecular weight is 394 g/mol. The van der Waals surface area contributed by atoms with E-state index in [2.05, 4.69) is 32.2 Å². The molecule has 29 heavy (non-hydrogen) atoms. The molecule has 8 heteroatoms. The van der Waals surface area contributed by atoms with E-state index in [4.69, 9.17) is 0 Å². The Bertz CT molecular complexity index is 1040. The lowest BCUT2D eigenvalue weighted by atomic mass is 10.2. The van der Waals surface area contributed by atoms with Crippen molar-refractivity contribution in [2.24, 2.45) is 0 Å². The number of likely N-dealkylation sites (N-methyl/N-ethyl adjacent to an activating group) is 1. The zero-order valence-corrected chi connectivity index (χ0v) is 16.6. The molecular weight excluding hydrogens is 368 g/mol. The molecule has 1 amide bonds. The molecule has 3 aromatic rings. The first kappa shape index (κ1) is 19.3. The highest BCUT2D eigenvalue weighted by Gasteiger charge is 2.27. The van der Waals surface area contributed by atoms with Gasteiger partial charge in [-0.2, -0.15) is 5.10 Å². The summed E-state index contributed by atoms with van der Waals surface area (Å²) in [5.74, 6) is 0.458. The van der Waals surface area contributed by atoms with Crippen molar-refractivity contribution in [2.45, 2.75) is 38.6 Å². The van der Waals surface area contributed by atoms with Crippen LogP contribution in [0.5, 0.6) is 0 Å². The van der Waals surface area contributed by atoms with Crippen molar-refractivity contribution in [1.82, 2.24) is 30.0 Å². The summed E-state index contributed by atoms with van der Waals surface area (Å²) < 4.78 is 1.64. The summed E-state index contributed by atoms with van der Waals surface area (Å²) in [6.45, 7) is 4.69. The molecule has 0 saturated heterocycles. The molecule has 1 aromatic carbocycles. The maximum absolute atomic E-state index is 12.4. The lowest BCUT2D eigenvalue weighted by Gasteiger charge is -2.19. The van der Waals surface area contributed by atoms with E-state index in [9.17, 15) is 9.59 Å². The lowest BCUT2D eigenvalue weighted by molar-refractivity contribution is -0.121. The second-order valence-corrected chi connectivity index (χ2v) is 7.35. The van der Waals surface area contributed by atoms with Gasteiger partial charge >= 0.3 is 0 Å². The molecule has 0 atom stereocenters. The van der Waals surface area contributed by atoms with Crippen LogP contribution in [0.25, 0.3) is 16.7 Å². The van der Waals surface area contributed by atoms with Gasteiger partial charge in [-0.15, -0.1) is 0 Å². The predicted molar refractivity (Wildman–Crippen MR) is 111 cm³/mol. The molecular formula is C21H26N6O2. The number of aryl methyl sites for hydroxylation is 1. The molecule has 2 N–H and O–H groups in total. The van der Waals surface area contributed by atoms with Gasteiger partial charge < -0.3 is 10.3 Å². The Hall–Kier alpha value is -3.00. The van der Waals surface area contributed by atoms with E-state index in [1.807, 2.05) is 30.3 Å².